The number of hydrogen-bond acceptors (Lipinski definition) is 3. The van der Waals surface area contributed by atoms with E-state index < -0.39 is 0 Å². The zero-order valence-electron chi connectivity index (χ0n) is 10.2. The molecule has 4 nitrogen and oxygen atoms in total. The van der Waals surface area contributed by atoms with E-state index in [-0.39, 0.29) is 0 Å². The Bertz CT molecular complexity index is 348. The predicted molar refractivity (Wildman–Crippen MR) is 70.4 cm³/mol. The van der Waals surface area contributed by atoms with Crippen molar-refractivity contribution in [1.82, 2.24) is 14.7 Å². The third kappa shape index (κ3) is 3.90. The maximum Gasteiger partial charge on any atom is 0.0742 e. The highest BCUT2D eigenvalue weighted by molar-refractivity contribution is 7.80. The number of nitrogens with zero attached hydrogens (tertiary/aromatic N) is 3. The van der Waals surface area contributed by atoms with Gasteiger partial charge in [-0.2, -0.15) is 5.10 Å². The van der Waals surface area contributed by atoms with Crippen LogP contribution in [0.2, 0.25) is 0 Å². The molecule has 16 heavy (non-hydrogen) atoms. The molecule has 0 amide bonds. The van der Waals surface area contributed by atoms with E-state index in [0.717, 1.165) is 19.4 Å². The molecule has 0 aliphatic carbocycles. The zero-order valence-corrected chi connectivity index (χ0v) is 11.0. The molecule has 1 atom stereocenters. The van der Waals surface area contributed by atoms with Crippen molar-refractivity contribution in [3.63, 3.8) is 0 Å². The van der Waals surface area contributed by atoms with Crippen LogP contribution in [0.15, 0.2) is 12.3 Å². The topological polar surface area (TPSA) is 47.1 Å². The van der Waals surface area contributed by atoms with Crippen LogP contribution in [0, 0.1) is 0 Å². The molecule has 2 N–H and O–H groups in total. The monoisotopic (exact) mass is 240 g/mol. The predicted octanol–water partition coefficient (Wildman–Crippen LogP) is 0.959. The molecule has 0 aliphatic rings. The molecule has 1 unspecified atom stereocenters. The molecule has 1 rings (SSSR count). The van der Waals surface area contributed by atoms with Gasteiger partial charge in [0.1, 0.15) is 0 Å². The van der Waals surface area contributed by atoms with E-state index in [1.54, 1.807) is 0 Å². The van der Waals surface area contributed by atoms with Crippen LogP contribution in [0.3, 0.4) is 0 Å². The first-order chi connectivity index (χ1) is 7.50. The fourth-order valence-electron chi connectivity index (χ4n) is 1.60. The van der Waals surface area contributed by atoms with Crippen molar-refractivity contribution in [3.8, 4) is 0 Å². The molecule has 1 aromatic rings. The number of thiocarbonyl (C=S) groups is 1. The van der Waals surface area contributed by atoms with Crippen molar-refractivity contribution in [2.45, 2.75) is 25.8 Å². The summed E-state index contributed by atoms with van der Waals surface area (Å²) in [4.78, 5) is 2.85. The smallest absolute Gasteiger partial charge is 0.0742 e. The van der Waals surface area contributed by atoms with Gasteiger partial charge in [-0.3, -0.25) is 4.68 Å². The third-order valence-corrected chi connectivity index (χ3v) is 3.06. The molecule has 90 valence electrons. The largest absolute Gasteiger partial charge is 0.393 e. The van der Waals surface area contributed by atoms with Crippen LogP contribution in [0.5, 0.6) is 0 Å². The molecule has 0 saturated heterocycles. The van der Waals surface area contributed by atoms with Gasteiger partial charge >= 0.3 is 0 Å². The lowest BCUT2D eigenvalue weighted by molar-refractivity contribution is 0.265. The molecule has 0 bridgehead atoms. The minimum absolute atomic E-state index is 0.394. The van der Waals surface area contributed by atoms with Crippen molar-refractivity contribution in [3.05, 3.63) is 18.0 Å². The van der Waals surface area contributed by atoms with Crippen molar-refractivity contribution in [1.29, 1.82) is 0 Å². The number of likely N-dealkylation sites (N-methyl/N-ethyl adjacent to an activating group) is 1. The van der Waals surface area contributed by atoms with Gasteiger partial charge in [-0.05, 0) is 20.0 Å². The fraction of sp³-hybridized carbons (Fsp3) is 0.636. The van der Waals surface area contributed by atoms with Gasteiger partial charge in [0.25, 0.3) is 0 Å². The second-order valence-electron chi connectivity index (χ2n) is 4.20. The lowest BCUT2D eigenvalue weighted by atomic mass is 10.2. The highest BCUT2D eigenvalue weighted by atomic mass is 32.1. The van der Waals surface area contributed by atoms with Crippen LogP contribution in [-0.2, 0) is 13.5 Å². The van der Waals surface area contributed by atoms with Crippen LogP contribution in [0.25, 0.3) is 0 Å². The Kier molecular flexibility index (Phi) is 4.89. The van der Waals surface area contributed by atoms with Gasteiger partial charge in [0.2, 0.25) is 0 Å². The van der Waals surface area contributed by atoms with Crippen LogP contribution in [-0.4, -0.2) is 39.3 Å². The SMILES string of the molecule is CC(CC(N)=S)N(C)CCc1ccnn1C. The molecule has 1 aromatic heterocycles. The molecule has 0 aromatic carbocycles. The van der Waals surface area contributed by atoms with E-state index in [9.17, 15) is 0 Å². The Labute approximate surface area is 102 Å². The first-order valence-electron chi connectivity index (χ1n) is 5.46. The van der Waals surface area contributed by atoms with Crippen LogP contribution < -0.4 is 5.73 Å². The Morgan fingerprint density at radius 3 is 2.88 bits per heavy atom. The second kappa shape index (κ2) is 5.96. The summed E-state index contributed by atoms with van der Waals surface area (Å²) in [6.07, 6.45) is 3.60. The van der Waals surface area contributed by atoms with Crippen molar-refractivity contribution >= 4 is 17.2 Å². The Morgan fingerprint density at radius 1 is 1.69 bits per heavy atom. The Hall–Kier alpha value is -0.940. The Balaban J connectivity index is 2.37. The molecular formula is C11H20N4S. The van der Waals surface area contributed by atoms with E-state index >= 15 is 0 Å². The Morgan fingerprint density at radius 2 is 2.38 bits per heavy atom. The van der Waals surface area contributed by atoms with Gasteiger partial charge in [0, 0.05) is 44.4 Å². The molecule has 0 saturated carbocycles. The summed E-state index contributed by atoms with van der Waals surface area (Å²) < 4.78 is 1.91. The van der Waals surface area contributed by atoms with Crippen molar-refractivity contribution < 1.29 is 0 Å². The van der Waals surface area contributed by atoms with E-state index in [1.165, 1.54) is 5.69 Å². The fourth-order valence-corrected chi connectivity index (χ4v) is 1.85. The van der Waals surface area contributed by atoms with Gasteiger partial charge < -0.3 is 10.6 Å². The van der Waals surface area contributed by atoms with Gasteiger partial charge in [0.15, 0.2) is 0 Å². The van der Waals surface area contributed by atoms with Crippen molar-refractivity contribution in [2.75, 3.05) is 13.6 Å². The summed E-state index contributed by atoms with van der Waals surface area (Å²) >= 11 is 4.91. The van der Waals surface area contributed by atoms with Gasteiger partial charge in [-0.25, -0.2) is 0 Å². The first kappa shape index (κ1) is 13.1. The van der Waals surface area contributed by atoms with Gasteiger partial charge in [-0.15, -0.1) is 0 Å². The van der Waals surface area contributed by atoms with E-state index in [1.807, 2.05) is 24.0 Å². The summed E-state index contributed by atoms with van der Waals surface area (Å²) in [7, 11) is 4.06. The summed E-state index contributed by atoms with van der Waals surface area (Å²) in [6, 6.07) is 2.44. The van der Waals surface area contributed by atoms with Crippen LogP contribution >= 0.6 is 12.2 Å². The summed E-state index contributed by atoms with van der Waals surface area (Å²) in [6.45, 7) is 3.13. The number of aryl methyl sites for hydroxylation is 1. The lowest BCUT2D eigenvalue weighted by Crippen LogP contribution is -2.34. The normalized spacial score (nSPS) is 13.0. The average Bonchev–Trinajstić information content (AvgIpc) is 2.59. The summed E-state index contributed by atoms with van der Waals surface area (Å²) in [5, 5.41) is 4.15. The van der Waals surface area contributed by atoms with Gasteiger partial charge in [-0.1, -0.05) is 12.2 Å². The number of rotatable bonds is 6. The van der Waals surface area contributed by atoms with Crippen molar-refractivity contribution in [2.24, 2.45) is 12.8 Å². The second-order valence-corrected chi connectivity index (χ2v) is 4.72. The molecule has 0 spiro atoms. The standard InChI is InChI=1S/C11H20N4S/c1-9(8-11(12)16)14(2)7-5-10-4-6-13-15(10)3/h4,6,9H,5,7-8H2,1-3H3,(H2,12,16). The third-order valence-electron chi connectivity index (χ3n) is 2.89. The highest BCUT2D eigenvalue weighted by Gasteiger charge is 2.10. The molecule has 1 heterocycles. The lowest BCUT2D eigenvalue weighted by Gasteiger charge is -2.24. The molecule has 0 fully saturated rings. The van der Waals surface area contributed by atoms with E-state index in [0.29, 0.717) is 11.0 Å². The highest BCUT2D eigenvalue weighted by Crippen LogP contribution is 2.04. The number of nitrogens with two attached hydrogens (primary N) is 1. The summed E-state index contributed by atoms with van der Waals surface area (Å²) in [5.41, 5.74) is 6.78. The number of aromatic nitrogens is 2. The van der Waals surface area contributed by atoms with E-state index in [2.05, 4.69) is 24.0 Å². The molecule has 0 aliphatic heterocycles. The molecular weight excluding hydrogens is 220 g/mol. The minimum atomic E-state index is 0.394. The van der Waals surface area contributed by atoms with Crippen LogP contribution in [0.4, 0.5) is 0 Å². The first-order valence-corrected chi connectivity index (χ1v) is 5.87. The van der Waals surface area contributed by atoms with Crippen LogP contribution in [0.1, 0.15) is 19.0 Å². The quantitative estimate of drug-likeness (QED) is 0.752. The van der Waals surface area contributed by atoms with E-state index in [4.69, 9.17) is 18.0 Å². The minimum Gasteiger partial charge on any atom is -0.393 e. The van der Waals surface area contributed by atoms with Gasteiger partial charge in [0.05, 0.1) is 4.99 Å². The maximum absolute atomic E-state index is 5.54. The molecule has 5 heteroatoms. The number of hydrogen-bond donors (Lipinski definition) is 1. The summed E-state index contributed by atoms with van der Waals surface area (Å²) in [5.74, 6) is 0. The zero-order chi connectivity index (χ0) is 12.1. The maximum atomic E-state index is 5.54. The average molecular weight is 240 g/mol. The molecule has 0 radical (unpaired) electrons.